The summed E-state index contributed by atoms with van der Waals surface area (Å²) in [6, 6.07) is 0. The van der Waals surface area contributed by atoms with E-state index in [2.05, 4.69) is 69.2 Å². The van der Waals surface area contributed by atoms with E-state index in [-0.39, 0.29) is 0 Å². The Balaban J connectivity index is -0.0000000277. The predicted molar refractivity (Wildman–Crippen MR) is 121 cm³/mol. The number of hydrogen-bond acceptors (Lipinski definition) is 0. The van der Waals surface area contributed by atoms with Gasteiger partial charge in [0.05, 0.1) is 0 Å². The molecule has 0 radical (unpaired) electrons. The largest absolute Gasteiger partial charge is 0.0683 e. The van der Waals surface area contributed by atoms with Gasteiger partial charge in [0.1, 0.15) is 0 Å². The fourth-order valence-corrected chi connectivity index (χ4v) is 0. The lowest BCUT2D eigenvalue weighted by molar-refractivity contribution is 0.457. The molecule has 0 aliphatic rings. The summed E-state index contributed by atoms with van der Waals surface area (Å²) in [5, 5.41) is 0. The summed E-state index contributed by atoms with van der Waals surface area (Å²) in [6.07, 6.45) is 1.31. The van der Waals surface area contributed by atoms with Crippen LogP contribution in [0.2, 0.25) is 0 Å². The van der Waals surface area contributed by atoms with E-state index >= 15 is 0 Å². The second-order valence-electron chi connectivity index (χ2n) is 6.02. The quantitative estimate of drug-likeness (QED) is 0.470. The van der Waals surface area contributed by atoms with Gasteiger partial charge in [0.25, 0.3) is 0 Å². The number of rotatable bonds is 2. The van der Waals surface area contributed by atoms with E-state index in [0.29, 0.717) is 0 Å². The standard InChI is InChI=1S/C6H14.C5H12.C4H10.4C2H6/c1-5(2)6(3)4;1-4-5(2)3;1-4(2)3;4*1-2/h5-6H,1-4H3;5H,4H2,1-3H3;4H,1-3H3;4*1-2H3. The summed E-state index contributed by atoms with van der Waals surface area (Å²) in [6.45, 7) is 38.1. The van der Waals surface area contributed by atoms with Crippen LogP contribution in [0, 0.1) is 23.7 Å². The smallest absolute Gasteiger partial charge is 0.0448 e. The minimum absolute atomic E-state index is 0.833. The molecule has 0 heterocycles. The van der Waals surface area contributed by atoms with Crippen molar-refractivity contribution in [3.8, 4) is 0 Å². The fourth-order valence-electron chi connectivity index (χ4n) is 0. The van der Waals surface area contributed by atoms with E-state index in [1.807, 2.05) is 55.4 Å². The Bertz CT molecular complexity index is 79.5. The average Bonchev–Trinajstić information content (AvgIpc) is 2.55. The highest BCUT2D eigenvalue weighted by molar-refractivity contribution is 4.46. The molecule has 0 atom stereocenters. The van der Waals surface area contributed by atoms with E-state index < -0.39 is 0 Å². The summed E-state index contributed by atoms with van der Waals surface area (Å²) in [5.41, 5.74) is 0. The van der Waals surface area contributed by atoms with Gasteiger partial charge in [-0.05, 0) is 23.7 Å². The second-order valence-corrected chi connectivity index (χ2v) is 6.02. The molecule has 0 aromatic carbocycles. The lowest BCUT2D eigenvalue weighted by Crippen LogP contribution is -1.95. The maximum absolute atomic E-state index is 2.24. The maximum atomic E-state index is 2.24. The van der Waals surface area contributed by atoms with Gasteiger partial charge in [0, 0.05) is 0 Å². The highest BCUT2D eigenvalue weighted by Crippen LogP contribution is 2.05. The summed E-state index contributed by atoms with van der Waals surface area (Å²) in [7, 11) is 0. The highest BCUT2D eigenvalue weighted by Gasteiger charge is 1.95. The first-order chi connectivity index (χ1) is 10.6. The molecule has 0 fully saturated rings. The molecule has 0 aromatic rings. The van der Waals surface area contributed by atoms with Crippen LogP contribution in [0.25, 0.3) is 0 Å². The Labute approximate surface area is 155 Å². The molecule has 23 heavy (non-hydrogen) atoms. The van der Waals surface area contributed by atoms with Gasteiger partial charge >= 0.3 is 0 Å². The van der Waals surface area contributed by atoms with Crippen LogP contribution in [0.5, 0.6) is 0 Å². The molecule has 0 aliphatic heterocycles. The van der Waals surface area contributed by atoms with Crippen LogP contribution in [0.4, 0.5) is 0 Å². The second kappa shape index (κ2) is 57.4. The summed E-state index contributed by atoms with van der Waals surface area (Å²) in [4.78, 5) is 0. The van der Waals surface area contributed by atoms with Crippen LogP contribution >= 0.6 is 0 Å². The first kappa shape index (κ1) is 43.5. The predicted octanol–water partition coefficient (Wildman–Crippen LogP) is 10.1. The van der Waals surface area contributed by atoms with Gasteiger partial charge in [-0.3, -0.25) is 0 Å². The third-order valence-electron chi connectivity index (χ3n) is 2.15. The lowest BCUT2D eigenvalue weighted by Gasteiger charge is -2.05. The van der Waals surface area contributed by atoms with Crippen LogP contribution in [0.1, 0.15) is 131 Å². The monoisotopic (exact) mass is 336 g/mol. The molecule has 0 bridgehead atoms. The topological polar surface area (TPSA) is 0 Å². The van der Waals surface area contributed by atoms with Gasteiger partial charge < -0.3 is 0 Å². The van der Waals surface area contributed by atoms with Gasteiger partial charge in [-0.15, -0.1) is 0 Å². The SMILES string of the molecule is CC.CC.CC.CC.CC(C)C.CC(C)C(C)C.CCC(C)C. The highest BCUT2D eigenvalue weighted by atomic mass is 14.0. The van der Waals surface area contributed by atoms with Crippen molar-refractivity contribution in [1.29, 1.82) is 0 Å². The van der Waals surface area contributed by atoms with Crippen molar-refractivity contribution in [3.05, 3.63) is 0 Å². The van der Waals surface area contributed by atoms with Crippen molar-refractivity contribution >= 4 is 0 Å². The van der Waals surface area contributed by atoms with Crippen molar-refractivity contribution in [2.45, 2.75) is 131 Å². The van der Waals surface area contributed by atoms with Gasteiger partial charge in [0.15, 0.2) is 0 Å². The molecule has 152 valence electrons. The first-order valence-corrected chi connectivity index (χ1v) is 10.6. The van der Waals surface area contributed by atoms with Crippen molar-refractivity contribution in [1.82, 2.24) is 0 Å². The minimum Gasteiger partial charge on any atom is -0.0683 e. The van der Waals surface area contributed by atoms with Crippen LogP contribution in [0.3, 0.4) is 0 Å². The third kappa shape index (κ3) is 244. The van der Waals surface area contributed by atoms with Crippen molar-refractivity contribution in [2.24, 2.45) is 23.7 Å². The van der Waals surface area contributed by atoms with Crippen molar-refractivity contribution in [2.75, 3.05) is 0 Å². The average molecular weight is 337 g/mol. The van der Waals surface area contributed by atoms with Crippen LogP contribution < -0.4 is 0 Å². The van der Waals surface area contributed by atoms with Gasteiger partial charge in [-0.1, -0.05) is 131 Å². The normalized spacial score (nSPS) is 7.57. The van der Waals surface area contributed by atoms with Crippen molar-refractivity contribution < 1.29 is 0 Å². The summed E-state index contributed by atoms with van der Waals surface area (Å²) in [5.74, 6) is 3.42. The van der Waals surface area contributed by atoms with E-state index in [1.165, 1.54) is 6.42 Å². The molecule has 0 unspecified atom stereocenters. The minimum atomic E-state index is 0.833. The fraction of sp³-hybridized carbons (Fsp3) is 1.00. The molecule has 0 heteroatoms. The molecule has 0 aliphatic carbocycles. The Hall–Kier alpha value is 0. The van der Waals surface area contributed by atoms with E-state index in [1.54, 1.807) is 0 Å². The molecule has 0 amide bonds. The summed E-state index contributed by atoms with van der Waals surface area (Å²) < 4.78 is 0. The Kier molecular flexibility index (Phi) is 109. The molecule has 0 aromatic heterocycles. The Morgan fingerprint density at radius 2 is 0.522 bits per heavy atom. The molecule has 0 nitrogen and oxygen atoms in total. The molecule has 0 saturated carbocycles. The number of hydrogen-bond donors (Lipinski definition) is 0. The van der Waals surface area contributed by atoms with Gasteiger partial charge in [0.2, 0.25) is 0 Å². The Morgan fingerprint density at radius 3 is 0.522 bits per heavy atom. The molecule has 0 saturated heterocycles. The Morgan fingerprint density at radius 1 is 0.435 bits per heavy atom. The molecular weight excluding hydrogens is 276 g/mol. The van der Waals surface area contributed by atoms with E-state index in [9.17, 15) is 0 Å². The van der Waals surface area contributed by atoms with Crippen LogP contribution in [-0.2, 0) is 0 Å². The lowest BCUT2D eigenvalue weighted by atomic mass is 10.0. The van der Waals surface area contributed by atoms with Gasteiger partial charge in [-0.25, -0.2) is 0 Å². The van der Waals surface area contributed by atoms with E-state index in [0.717, 1.165) is 23.7 Å². The molecule has 0 rings (SSSR count). The third-order valence-corrected chi connectivity index (χ3v) is 2.15. The maximum Gasteiger partial charge on any atom is -0.0448 e. The molecule has 0 spiro atoms. The van der Waals surface area contributed by atoms with Gasteiger partial charge in [-0.2, -0.15) is 0 Å². The zero-order chi connectivity index (χ0) is 21.0. The van der Waals surface area contributed by atoms with Crippen LogP contribution in [0.15, 0.2) is 0 Å². The zero-order valence-electron chi connectivity index (χ0n) is 21.0. The van der Waals surface area contributed by atoms with E-state index in [4.69, 9.17) is 0 Å². The van der Waals surface area contributed by atoms with Crippen molar-refractivity contribution in [3.63, 3.8) is 0 Å². The summed E-state index contributed by atoms with van der Waals surface area (Å²) >= 11 is 0. The first-order valence-electron chi connectivity index (χ1n) is 10.6. The van der Waals surface area contributed by atoms with Crippen LogP contribution in [-0.4, -0.2) is 0 Å². The molecule has 0 N–H and O–H groups in total. The molecular formula is C23H60. The zero-order valence-corrected chi connectivity index (χ0v) is 21.0.